The zero-order valence-corrected chi connectivity index (χ0v) is 8.64. The number of likely N-dealkylation sites (N-methyl/N-ethyl adjacent to an activating group) is 1. The fourth-order valence-corrected chi connectivity index (χ4v) is 1.27. The Balaban J connectivity index is 2.76. The third-order valence-corrected chi connectivity index (χ3v) is 2.05. The molecule has 0 bridgehead atoms. The van der Waals surface area contributed by atoms with Crippen LogP contribution in [0.3, 0.4) is 0 Å². The average molecular weight is 207 g/mol. The summed E-state index contributed by atoms with van der Waals surface area (Å²) in [5, 5.41) is 2.58. The Morgan fingerprint density at radius 2 is 2.60 bits per heavy atom. The second-order valence-electron chi connectivity index (χ2n) is 2.99. The summed E-state index contributed by atoms with van der Waals surface area (Å²) in [5.41, 5.74) is 6.05. The average Bonchev–Trinajstić information content (AvgIpc) is 2.30. The fraction of sp³-hybridized carbons (Fsp3) is 0.333. The molecule has 1 unspecified atom stereocenters. The van der Waals surface area contributed by atoms with Gasteiger partial charge in [0.05, 0.1) is 12.5 Å². The molecule has 1 rings (SSSR count). The van der Waals surface area contributed by atoms with Crippen molar-refractivity contribution in [3.05, 3.63) is 30.1 Å². The van der Waals surface area contributed by atoms with Gasteiger partial charge in [0.25, 0.3) is 7.48 Å². The lowest BCUT2D eigenvalue weighted by Gasteiger charge is -2.13. The Hall–Kier alpha value is -1.40. The number of hydrogen-bond donors (Lipinski definition) is 2. The molecule has 1 aromatic heterocycles. The van der Waals surface area contributed by atoms with E-state index in [9.17, 15) is 4.79 Å². The van der Waals surface area contributed by atoms with E-state index in [4.69, 9.17) is 10.4 Å². The van der Waals surface area contributed by atoms with Crippen molar-refractivity contribution in [2.75, 3.05) is 13.8 Å². The minimum atomic E-state index is -0.354. The number of carbonyl (C=O) groups excluding carboxylic acids is 1. The van der Waals surface area contributed by atoms with Crippen molar-refractivity contribution in [2.45, 2.75) is 5.82 Å². The van der Waals surface area contributed by atoms with E-state index in [1.165, 1.54) is 0 Å². The van der Waals surface area contributed by atoms with Crippen molar-refractivity contribution in [1.82, 2.24) is 10.3 Å². The third kappa shape index (κ3) is 3.34. The van der Waals surface area contributed by atoms with Crippen LogP contribution >= 0.6 is 0 Å². The quantitative estimate of drug-likeness (QED) is 0.487. The third-order valence-electron chi connectivity index (χ3n) is 2.05. The molecular formula is C9H14BN3O2. The summed E-state index contributed by atoms with van der Waals surface area (Å²) in [5.74, 6) is -0.455. The summed E-state index contributed by atoms with van der Waals surface area (Å²) in [6, 6.07) is 3.63. The summed E-state index contributed by atoms with van der Waals surface area (Å²) in [7, 11) is 1.86. The molecule has 1 aromatic rings. The van der Waals surface area contributed by atoms with E-state index in [2.05, 4.69) is 10.3 Å². The van der Waals surface area contributed by atoms with Crippen molar-refractivity contribution in [3.8, 4) is 0 Å². The Morgan fingerprint density at radius 3 is 3.13 bits per heavy atom. The van der Waals surface area contributed by atoms with Crippen LogP contribution < -0.4 is 11.1 Å². The number of pyridine rings is 1. The number of nitrogens with two attached hydrogens (primary N) is 1. The van der Waals surface area contributed by atoms with Crippen LogP contribution in [0.15, 0.2) is 24.5 Å². The lowest BCUT2D eigenvalue weighted by molar-refractivity contribution is -0.120. The molecule has 0 aliphatic heterocycles. The number of nitrogens with zero attached hydrogens (tertiary/aromatic N) is 1. The summed E-state index contributed by atoms with van der Waals surface area (Å²) in [4.78, 5) is 15.5. The fourth-order valence-electron chi connectivity index (χ4n) is 1.27. The predicted molar refractivity (Wildman–Crippen MR) is 58.3 cm³/mol. The molecule has 3 N–H and O–H groups in total. The molecule has 15 heavy (non-hydrogen) atoms. The molecule has 1 atom stereocenters. The number of aromatic nitrogens is 1. The number of hydrogen-bond acceptors (Lipinski definition) is 4. The van der Waals surface area contributed by atoms with Gasteiger partial charge in [-0.15, -0.1) is 0 Å². The largest absolute Gasteiger partial charge is 0.426 e. The van der Waals surface area contributed by atoms with Gasteiger partial charge in [0.15, 0.2) is 0 Å². The van der Waals surface area contributed by atoms with Crippen molar-refractivity contribution in [3.63, 3.8) is 0 Å². The predicted octanol–water partition coefficient (Wildman–Crippen LogP) is -0.847. The highest BCUT2D eigenvalue weighted by Gasteiger charge is 2.21. The molecule has 5 nitrogen and oxygen atoms in total. The Kier molecular flexibility index (Phi) is 4.79. The SMILES string of the molecule is CNC(=O)C(BOCN)c1cccnc1. The van der Waals surface area contributed by atoms with Crippen LogP contribution in [0.2, 0.25) is 0 Å². The topological polar surface area (TPSA) is 77.2 Å². The van der Waals surface area contributed by atoms with Crippen LogP contribution in [0.25, 0.3) is 0 Å². The molecule has 0 radical (unpaired) electrons. The molecule has 0 fully saturated rings. The normalized spacial score (nSPS) is 11.9. The van der Waals surface area contributed by atoms with E-state index in [1.807, 2.05) is 6.07 Å². The molecule has 80 valence electrons. The summed E-state index contributed by atoms with van der Waals surface area (Å²) >= 11 is 0. The zero-order chi connectivity index (χ0) is 11.1. The highest BCUT2D eigenvalue weighted by Crippen LogP contribution is 2.13. The zero-order valence-electron chi connectivity index (χ0n) is 8.64. The van der Waals surface area contributed by atoms with Crippen LogP contribution in [0.5, 0.6) is 0 Å². The standard InChI is InChI=1S/C9H14BN3O2/c1-12-9(14)8(10-15-6-11)7-3-2-4-13-5-7/h2-5,8,10H,6,11H2,1H3,(H,12,14). The maximum Gasteiger partial charge on any atom is 0.293 e. The molecule has 0 aliphatic rings. The van der Waals surface area contributed by atoms with E-state index in [1.54, 1.807) is 25.5 Å². The van der Waals surface area contributed by atoms with Crippen LogP contribution in [0.4, 0.5) is 0 Å². The lowest BCUT2D eigenvalue weighted by Crippen LogP contribution is -2.31. The van der Waals surface area contributed by atoms with E-state index in [0.29, 0.717) is 0 Å². The van der Waals surface area contributed by atoms with Crippen molar-refractivity contribution in [1.29, 1.82) is 0 Å². The van der Waals surface area contributed by atoms with Crippen LogP contribution in [0.1, 0.15) is 11.4 Å². The number of amides is 1. The smallest absolute Gasteiger partial charge is 0.293 e. The summed E-state index contributed by atoms with van der Waals surface area (Å²) in [6.07, 6.45) is 3.31. The van der Waals surface area contributed by atoms with E-state index in [-0.39, 0.29) is 25.9 Å². The summed E-state index contributed by atoms with van der Waals surface area (Å²) < 4.78 is 5.06. The maximum atomic E-state index is 11.6. The highest BCUT2D eigenvalue weighted by atomic mass is 16.4. The van der Waals surface area contributed by atoms with E-state index >= 15 is 0 Å². The molecule has 0 aliphatic carbocycles. The molecule has 0 saturated carbocycles. The monoisotopic (exact) mass is 207 g/mol. The van der Waals surface area contributed by atoms with E-state index in [0.717, 1.165) is 5.56 Å². The van der Waals surface area contributed by atoms with Gasteiger partial charge in [-0.1, -0.05) is 6.07 Å². The van der Waals surface area contributed by atoms with Crippen molar-refractivity contribution < 1.29 is 9.45 Å². The first-order valence-electron chi connectivity index (χ1n) is 4.69. The van der Waals surface area contributed by atoms with E-state index < -0.39 is 0 Å². The molecule has 1 amide bonds. The van der Waals surface area contributed by atoms with Gasteiger partial charge in [-0.2, -0.15) is 0 Å². The van der Waals surface area contributed by atoms with Gasteiger partial charge in [0, 0.05) is 19.4 Å². The minimum absolute atomic E-state index is 0.101. The van der Waals surface area contributed by atoms with Gasteiger partial charge >= 0.3 is 0 Å². The molecule has 0 aromatic carbocycles. The maximum absolute atomic E-state index is 11.6. The first kappa shape index (κ1) is 11.7. The number of carbonyl (C=O) groups is 1. The van der Waals surface area contributed by atoms with Gasteiger partial charge in [0.2, 0.25) is 5.91 Å². The Labute approximate surface area is 89.3 Å². The molecule has 1 heterocycles. The highest BCUT2D eigenvalue weighted by molar-refractivity contribution is 6.37. The summed E-state index contributed by atoms with van der Waals surface area (Å²) in [6.45, 7) is 0.105. The van der Waals surface area contributed by atoms with Gasteiger partial charge < -0.3 is 15.7 Å². The molecule has 0 spiro atoms. The molecular weight excluding hydrogens is 193 g/mol. The second-order valence-corrected chi connectivity index (χ2v) is 2.99. The second kappa shape index (κ2) is 6.16. The van der Waals surface area contributed by atoms with Gasteiger partial charge in [-0.3, -0.25) is 9.78 Å². The van der Waals surface area contributed by atoms with Gasteiger partial charge in [-0.05, 0) is 11.6 Å². The number of rotatable bonds is 5. The minimum Gasteiger partial charge on any atom is -0.426 e. The van der Waals surface area contributed by atoms with Gasteiger partial charge in [-0.25, -0.2) is 0 Å². The molecule has 0 saturated heterocycles. The lowest BCUT2D eigenvalue weighted by atomic mass is 9.75. The van der Waals surface area contributed by atoms with Crippen LogP contribution in [-0.2, 0) is 9.45 Å². The molecule has 6 heteroatoms. The Bertz CT molecular complexity index is 307. The van der Waals surface area contributed by atoms with Crippen molar-refractivity contribution >= 4 is 13.4 Å². The first-order chi connectivity index (χ1) is 7.29. The van der Waals surface area contributed by atoms with Crippen molar-refractivity contribution in [2.24, 2.45) is 5.73 Å². The Morgan fingerprint density at radius 1 is 1.80 bits per heavy atom. The van der Waals surface area contributed by atoms with Crippen LogP contribution in [-0.4, -0.2) is 32.2 Å². The number of nitrogens with one attached hydrogen (secondary N) is 1. The first-order valence-corrected chi connectivity index (χ1v) is 4.69. The van der Waals surface area contributed by atoms with Crippen LogP contribution in [0, 0.1) is 0 Å². The van der Waals surface area contributed by atoms with Gasteiger partial charge in [0.1, 0.15) is 0 Å².